The van der Waals surface area contributed by atoms with E-state index in [4.69, 9.17) is 33.7 Å². The quantitative estimate of drug-likeness (QED) is 0.563. The van der Waals surface area contributed by atoms with Gasteiger partial charge in [0.1, 0.15) is 5.75 Å². The van der Waals surface area contributed by atoms with Crippen LogP contribution in [-0.2, 0) is 0 Å². The maximum Gasteiger partial charge on any atom is 0.573 e. The molecule has 10 heteroatoms. The molecule has 1 heterocycles. The molecule has 2 N–H and O–H groups in total. The highest BCUT2D eigenvalue weighted by atomic mass is 35.5. The molecule has 3 rings (SSSR count). The highest BCUT2D eigenvalue weighted by Crippen LogP contribution is 2.41. The number of thiazole rings is 1. The number of rotatable bonds is 3. The maximum absolute atomic E-state index is 12.3. The van der Waals surface area contributed by atoms with Crippen LogP contribution in [0, 0.1) is 0 Å². The number of alkyl halides is 3. The van der Waals surface area contributed by atoms with Crippen LogP contribution in [0.2, 0.25) is 10.0 Å². The summed E-state index contributed by atoms with van der Waals surface area (Å²) in [5.41, 5.74) is 6.43. The molecule has 3 aromatic rings. The van der Waals surface area contributed by atoms with Gasteiger partial charge in [-0.15, -0.1) is 13.2 Å². The van der Waals surface area contributed by atoms with E-state index in [1.807, 2.05) is 0 Å². The van der Waals surface area contributed by atoms with Crippen LogP contribution >= 0.6 is 34.5 Å². The molecule has 24 heavy (non-hydrogen) atoms. The Hall–Kier alpha value is -1.90. The smallest absolute Gasteiger partial charge is 0.428 e. The Balaban J connectivity index is 1.91. The van der Waals surface area contributed by atoms with Crippen molar-refractivity contribution in [2.45, 2.75) is 6.36 Å². The fraction of sp³-hybridized carbons (Fsp3) is 0.0714. The third-order valence-corrected chi connectivity index (χ3v) is 4.24. The number of anilines is 1. The highest BCUT2D eigenvalue weighted by molar-refractivity contribution is 7.20. The first-order chi connectivity index (χ1) is 11.2. The van der Waals surface area contributed by atoms with E-state index in [9.17, 15) is 13.2 Å². The average Bonchev–Trinajstić information content (AvgIpc) is 2.82. The van der Waals surface area contributed by atoms with Crippen LogP contribution < -0.4 is 15.2 Å². The largest absolute Gasteiger partial charge is 0.573 e. The summed E-state index contributed by atoms with van der Waals surface area (Å²) in [7, 11) is 0. The third-order valence-electron chi connectivity index (χ3n) is 2.78. The zero-order valence-electron chi connectivity index (χ0n) is 11.5. The molecule has 0 radical (unpaired) electrons. The van der Waals surface area contributed by atoms with Crippen LogP contribution in [0.15, 0.2) is 30.3 Å². The number of nitrogen functional groups attached to an aromatic ring is 1. The highest BCUT2D eigenvalue weighted by Gasteiger charge is 2.31. The number of fused-ring (bicyclic) bond motifs is 1. The second-order valence-electron chi connectivity index (χ2n) is 4.57. The molecule has 0 amide bonds. The molecule has 2 aromatic carbocycles. The summed E-state index contributed by atoms with van der Waals surface area (Å²) in [5.74, 6) is -0.174. The van der Waals surface area contributed by atoms with E-state index < -0.39 is 6.36 Å². The van der Waals surface area contributed by atoms with E-state index in [-0.39, 0.29) is 26.7 Å². The summed E-state index contributed by atoms with van der Waals surface area (Å²) in [4.78, 5) is 4.16. The average molecular weight is 395 g/mol. The number of ether oxygens (including phenoxy) is 2. The van der Waals surface area contributed by atoms with Crippen molar-refractivity contribution < 1.29 is 22.6 Å². The van der Waals surface area contributed by atoms with Gasteiger partial charge in [-0.1, -0.05) is 34.5 Å². The maximum atomic E-state index is 12.3. The minimum atomic E-state index is -4.76. The van der Waals surface area contributed by atoms with E-state index >= 15 is 0 Å². The fourth-order valence-electron chi connectivity index (χ4n) is 1.89. The van der Waals surface area contributed by atoms with Gasteiger partial charge in [0, 0.05) is 11.8 Å². The second kappa shape index (κ2) is 6.19. The summed E-state index contributed by atoms with van der Waals surface area (Å²) in [6, 6.07) is 6.71. The van der Waals surface area contributed by atoms with Crippen LogP contribution in [0.1, 0.15) is 0 Å². The molecule has 0 atom stereocenters. The van der Waals surface area contributed by atoms with Gasteiger partial charge >= 0.3 is 6.36 Å². The fourth-order valence-corrected chi connectivity index (χ4v) is 3.32. The predicted octanol–water partition coefficient (Wildman–Crippen LogP) is 5.88. The standard InChI is InChI=1S/C14H7Cl2F3N2O2S/c15-8-3-6(20)4-9(16)12(8)22-13-21-10-2-1-7(5-11(10)24-13)23-14(17,18)19/h1-5H,20H2. The lowest BCUT2D eigenvalue weighted by Gasteiger charge is -2.07. The van der Waals surface area contributed by atoms with Gasteiger partial charge in [0.05, 0.1) is 20.3 Å². The number of benzene rings is 2. The van der Waals surface area contributed by atoms with Crippen molar-refractivity contribution >= 4 is 50.4 Å². The van der Waals surface area contributed by atoms with Gasteiger partial charge in [0.15, 0.2) is 5.75 Å². The molecule has 0 fully saturated rings. The van der Waals surface area contributed by atoms with Crippen molar-refractivity contribution in [2.24, 2.45) is 0 Å². The van der Waals surface area contributed by atoms with E-state index in [1.165, 1.54) is 30.3 Å². The third kappa shape index (κ3) is 3.77. The van der Waals surface area contributed by atoms with Crippen molar-refractivity contribution in [3.05, 3.63) is 40.4 Å². The van der Waals surface area contributed by atoms with Crippen molar-refractivity contribution in [1.29, 1.82) is 0 Å². The molecule has 4 nitrogen and oxygen atoms in total. The van der Waals surface area contributed by atoms with Gasteiger partial charge in [-0.05, 0) is 24.3 Å². The SMILES string of the molecule is Nc1cc(Cl)c(Oc2nc3ccc(OC(F)(F)F)cc3s2)c(Cl)c1. The van der Waals surface area contributed by atoms with Gasteiger partial charge in [-0.3, -0.25) is 0 Å². The minimum absolute atomic E-state index is 0.165. The number of hydrogen-bond acceptors (Lipinski definition) is 5. The molecule has 0 saturated carbocycles. The molecular formula is C14H7Cl2F3N2O2S. The number of aromatic nitrogens is 1. The first kappa shape index (κ1) is 16.9. The van der Waals surface area contributed by atoms with Gasteiger partial charge in [0.25, 0.3) is 5.19 Å². The first-order valence-electron chi connectivity index (χ1n) is 6.30. The Bertz CT molecular complexity index is 892. The van der Waals surface area contributed by atoms with Crippen LogP contribution in [0.4, 0.5) is 18.9 Å². The Morgan fingerprint density at radius 3 is 2.38 bits per heavy atom. The van der Waals surface area contributed by atoms with Gasteiger partial charge in [-0.25, -0.2) is 4.98 Å². The van der Waals surface area contributed by atoms with E-state index in [1.54, 1.807) is 0 Å². The summed E-state index contributed by atoms with van der Waals surface area (Å²) in [6.45, 7) is 0. The van der Waals surface area contributed by atoms with Crippen LogP contribution in [0.5, 0.6) is 16.7 Å². The Morgan fingerprint density at radius 1 is 1.08 bits per heavy atom. The normalized spacial score (nSPS) is 11.7. The lowest BCUT2D eigenvalue weighted by atomic mass is 10.3. The van der Waals surface area contributed by atoms with Crippen molar-refractivity contribution in [3.63, 3.8) is 0 Å². The summed E-state index contributed by atoms with van der Waals surface area (Å²) >= 11 is 13.1. The van der Waals surface area contributed by atoms with E-state index in [2.05, 4.69) is 9.72 Å². The topological polar surface area (TPSA) is 57.4 Å². The number of halogens is 5. The van der Waals surface area contributed by atoms with Crippen LogP contribution in [0.25, 0.3) is 10.2 Å². The molecule has 0 aliphatic rings. The van der Waals surface area contributed by atoms with Crippen LogP contribution in [-0.4, -0.2) is 11.3 Å². The van der Waals surface area contributed by atoms with E-state index in [0.717, 1.165) is 11.3 Å². The lowest BCUT2D eigenvalue weighted by molar-refractivity contribution is -0.274. The molecule has 1 aromatic heterocycles. The van der Waals surface area contributed by atoms with Crippen LogP contribution in [0.3, 0.4) is 0 Å². The number of nitrogens with two attached hydrogens (primary N) is 1. The number of nitrogens with zero attached hydrogens (tertiary/aromatic N) is 1. The summed E-state index contributed by atoms with van der Waals surface area (Å²) in [6.07, 6.45) is -4.76. The molecule has 0 aliphatic carbocycles. The molecule has 0 unspecified atom stereocenters. The molecular weight excluding hydrogens is 388 g/mol. The summed E-state index contributed by atoms with van der Waals surface area (Å²) in [5, 5.41) is 0.559. The monoisotopic (exact) mass is 394 g/mol. The van der Waals surface area contributed by atoms with Gasteiger partial charge in [-0.2, -0.15) is 0 Å². The minimum Gasteiger partial charge on any atom is -0.428 e. The molecule has 0 bridgehead atoms. The van der Waals surface area contributed by atoms with Gasteiger partial charge in [0.2, 0.25) is 0 Å². The Labute approximate surface area is 147 Å². The molecule has 0 spiro atoms. The van der Waals surface area contributed by atoms with Gasteiger partial charge < -0.3 is 15.2 Å². The number of hydrogen-bond donors (Lipinski definition) is 1. The Kier molecular flexibility index (Phi) is 4.37. The zero-order valence-corrected chi connectivity index (χ0v) is 13.9. The molecule has 0 saturated heterocycles. The van der Waals surface area contributed by atoms with Crippen molar-refractivity contribution in [2.75, 3.05) is 5.73 Å². The Morgan fingerprint density at radius 2 is 1.75 bits per heavy atom. The summed E-state index contributed by atoms with van der Waals surface area (Å²) < 4.78 is 46.6. The first-order valence-corrected chi connectivity index (χ1v) is 7.87. The van der Waals surface area contributed by atoms with Crippen molar-refractivity contribution in [3.8, 4) is 16.7 Å². The van der Waals surface area contributed by atoms with E-state index in [0.29, 0.717) is 15.9 Å². The zero-order chi connectivity index (χ0) is 17.5. The second-order valence-corrected chi connectivity index (χ2v) is 6.38. The molecule has 126 valence electrons. The molecule has 0 aliphatic heterocycles. The lowest BCUT2D eigenvalue weighted by Crippen LogP contribution is -2.16. The van der Waals surface area contributed by atoms with Crippen molar-refractivity contribution in [1.82, 2.24) is 4.98 Å². The predicted molar refractivity (Wildman–Crippen MR) is 87.3 cm³/mol.